The van der Waals surface area contributed by atoms with Crippen LogP contribution in [0.3, 0.4) is 0 Å². The van der Waals surface area contributed by atoms with Gasteiger partial charge in [0.15, 0.2) is 0 Å². The third kappa shape index (κ3) is 7.62. The smallest absolute Gasteiger partial charge is 0.330 e. The Kier molecular flexibility index (Phi) is 9.29. The summed E-state index contributed by atoms with van der Waals surface area (Å²) in [5.74, 6) is -0.491. The molecular weight excluding hydrogens is 319 g/mol. The molecule has 0 saturated heterocycles. The summed E-state index contributed by atoms with van der Waals surface area (Å²) in [6, 6.07) is 0. The van der Waals surface area contributed by atoms with Gasteiger partial charge in [0.25, 0.3) is 7.37 Å². The number of hydrogen-bond donors (Lipinski definition) is 0. The van der Waals surface area contributed by atoms with Crippen LogP contribution in [0.1, 0.15) is 48.5 Å². The Hall–Kier alpha value is -0.680. The molecule has 0 fully saturated rings. The normalized spacial score (nSPS) is 15.6. The summed E-state index contributed by atoms with van der Waals surface area (Å²) in [7, 11) is -3.32. The summed E-state index contributed by atoms with van der Waals surface area (Å²) in [6.07, 6.45) is 2.77. The van der Waals surface area contributed by atoms with Gasteiger partial charge in [0.1, 0.15) is 5.60 Å². The van der Waals surface area contributed by atoms with E-state index in [1.165, 1.54) is 12.2 Å². The minimum absolute atomic E-state index is 0.0244. The van der Waals surface area contributed by atoms with Crippen LogP contribution < -0.4 is 0 Å². The van der Waals surface area contributed by atoms with Gasteiger partial charge in [-0.25, -0.2) is 4.79 Å². The van der Waals surface area contributed by atoms with Crippen molar-refractivity contribution in [1.82, 2.24) is 0 Å². The molecule has 0 aromatic rings. The minimum Gasteiger partial charge on any atom is -0.457 e. The summed E-state index contributed by atoms with van der Waals surface area (Å²) in [4.78, 5) is 11.7. The van der Waals surface area contributed by atoms with Gasteiger partial charge in [-0.3, -0.25) is 4.57 Å². The van der Waals surface area contributed by atoms with Crippen molar-refractivity contribution in [2.24, 2.45) is 0 Å². The first-order chi connectivity index (χ1) is 10.5. The van der Waals surface area contributed by atoms with Crippen molar-refractivity contribution in [3.8, 4) is 0 Å². The van der Waals surface area contributed by atoms with E-state index < -0.39 is 24.5 Å². The first-order valence-corrected chi connectivity index (χ1v) is 9.75. The van der Waals surface area contributed by atoms with Crippen LogP contribution in [-0.2, 0) is 28.1 Å². The summed E-state index contributed by atoms with van der Waals surface area (Å²) in [5.41, 5.74) is -1.92. The minimum atomic E-state index is -3.32. The zero-order valence-corrected chi connectivity index (χ0v) is 16.3. The van der Waals surface area contributed by atoms with E-state index in [1.54, 1.807) is 48.5 Å². The molecule has 0 bridgehead atoms. The lowest BCUT2D eigenvalue weighted by Gasteiger charge is -2.35. The van der Waals surface area contributed by atoms with Gasteiger partial charge in [-0.15, -0.1) is 0 Å². The van der Waals surface area contributed by atoms with Crippen molar-refractivity contribution in [3.05, 3.63) is 12.2 Å². The van der Waals surface area contributed by atoms with Crippen LogP contribution in [0.15, 0.2) is 12.2 Å². The van der Waals surface area contributed by atoms with Crippen molar-refractivity contribution in [2.75, 3.05) is 26.0 Å². The second-order valence-corrected chi connectivity index (χ2v) is 8.76. The van der Waals surface area contributed by atoms with Gasteiger partial charge >= 0.3 is 5.97 Å². The molecule has 0 aliphatic carbocycles. The predicted molar refractivity (Wildman–Crippen MR) is 90.7 cm³/mol. The fourth-order valence-electron chi connectivity index (χ4n) is 1.94. The number of hydrogen-bond acceptors (Lipinski definition) is 6. The second kappa shape index (κ2) is 9.58. The van der Waals surface area contributed by atoms with Gasteiger partial charge in [0.2, 0.25) is 5.53 Å². The molecule has 0 aromatic heterocycles. The zero-order valence-electron chi connectivity index (χ0n) is 15.4. The highest BCUT2D eigenvalue weighted by Gasteiger charge is 2.47. The van der Waals surface area contributed by atoms with Gasteiger partial charge in [0.05, 0.1) is 6.61 Å². The number of ether oxygens (including phenoxy) is 3. The lowest BCUT2D eigenvalue weighted by atomic mass is 10.2. The van der Waals surface area contributed by atoms with Crippen LogP contribution in [-0.4, -0.2) is 43.1 Å². The number of rotatable bonds is 10. The Labute approximate surface area is 140 Å². The van der Waals surface area contributed by atoms with Crippen molar-refractivity contribution in [1.29, 1.82) is 0 Å². The van der Waals surface area contributed by atoms with Crippen molar-refractivity contribution < 1.29 is 28.1 Å². The molecule has 1 unspecified atom stereocenters. The highest BCUT2D eigenvalue weighted by atomic mass is 31.2. The van der Waals surface area contributed by atoms with Crippen molar-refractivity contribution in [3.63, 3.8) is 0 Å². The van der Waals surface area contributed by atoms with E-state index in [0.29, 0.717) is 13.2 Å². The molecule has 0 heterocycles. The number of carbonyl (C=O) groups excluding carboxylic acids is 1. The van der Waals surface area contributed by atoms with Crippen LogP contribution in [0, 0.1) is 0 Å². The Bertz CT molecular complexity index is 432. The van der Waals surface area contributed by atoms with E-state index in [1.807, 2.05) is 0 Å². The molecule has 0 N–H and O–H groups in total. The SMILES string of the molecule is CCOC(C)(OCC)P(=O)(C/C=C/C(=O)OC(C)(C)C)OCC. The first-order valence-electron chi connectivity index (χ1n) is 7.94. The Morgan fingerprint density at radius 2 is 1.52 bits per heavy atom. The van der Waals surface area contributed by atoms with Gasteiger partial charge in [-0.1, -0.05) is 6.08 Å². The molecule has 0 aliphatic rings. The molecule has 0 aliphatic heterocycles. The largest absolute Gasteiger partial charge is 0.457 e. The Balaban J connectivity index is 5.15. The molecule has 1 atom stereocenters. The molecule has 136 valence electrons. The van der Waals surface area contributed by atoms with Crippen molar-refractivity contribution in [2.45, 2.75) is 59.6 Å². The standard InChI is InChI=1S/C16H31O6P/c1-8-19-16(7,20-9-2)23(18,21-10-3)13-11-12-14(17)22-15(4,5)6/h11-12H,8-10,13H2,1-7H3/b12-11+. The van der Waals surface area contributed by atoms with Gasteiger partial charge in [0, 0.05) is 25.5 Å². The third-order valence-corrected chi connectivity index (χ3v) is 5.65. The molecule has 0 amide bonds. The lowest BCUT2D eigenvalue weighted by molar-refractivity contribution is -0.167. The zero-order chi connectivity index (χ0) is 18.1. The van der Waals surface area contributed by atoms with Gasteiger partial charge in [-0.05, 0) is 48.5 Å². The molecule has 0 radical (unpaired) electrons. The molecule has 23 heavy (non-hydrogen) atoms. The van der Waals surface area contributed by atoms with Crippen LogP contribution >= 0.6 is 7.37 Å². The summed E-state index contributed by atoms with van der Waals surface area (Å²) < 4.78 is 35.0. The number of esters is 1. The molecule has 0 aromatic carbocycles. The number of allylic oxidation sites excluding steroid dienone is 1. The maximum absolute atomic E-state index is 13.2. The van der Waals surface area contributed by atoms with Gasteiger partial charge in [-0.2, -0.15) is 0 Å². The fourth-order valence-corrected chi connectivity index (χ4v) is 4.06. The van der Waals surface area contributed by atoms with E-state index in [0.717, 1.165) is 0 Å². The second-order valence-electron chi connectivity index (χ2n) is 5.97. The highest BCUT2D eigenvalue weighted by Crippen LogP contribution is 2.60. The molecule has 6 nitrogen and oxygen atoms in total. The maximum atomic E-state index is 13.2. The van der Waals surface area contributed by atoms with E-state index in [-0.39, 0.29) is 12.8 Å². The number of carbonyl (C=O) groups is 1. The monoisotopic (exact) mass is 350 g/mol. The van der Waals surface area contributed by atoms with Crippen LogP contribution in [0.5, 0.6) is 0 Å². The molecule has 7 heteroatoms. The van der Waals surface area contributed by atoms with E-state index in [2.05, 4.69) is 0 Å². The molecular formula is C16H31O6P. The molecule has 0 saturated carbocycles. The van der Waals surface area contributed by atoms with E-state index in [9.17, 15) is 9.36 Å². The third-order valence-electron chi connectivity index (χ3n) is 2.79. The summed E-state index contributed by atoms with van der Waals surface area (Å²) >= 11 is 0. The maximum Gasteiger partial charge on any atom is 0.330 e. The summed E-state index contributed by atoms with van der Waals surface area (Å²) in [5, 5.41) is 0. The lowest BCUT2D eigenvalue weighted by Crippen LogP contribution is -2.34. The average Bonchev–Trinajstić information content (AvgIpc) is 2.37. The van der Waals surface area contributed by atoms with Gasteiger partial charge < -0.3 is 18.7 Å². The van der Waals surface area contributed by atoms with E-state index >= 15 is 0 Å². The quantitative estimate of drug-likeness (QED) is 0.257. The van der Waals surface area contributed by atoms with Crippen molar-refractivity contribution >= 4 is 13.3 Å². The van der Waals surface area contributed by atoms with Crippen LogP contribution in [0.25, 0.3) is 0 Å². The Morgan fingerprint density at radius 1 is 1.00 bits per heavy atom. The topological polar surface area (TPSA) is 71.1 Å². The van der Waals surface area contributed by atoms with Crippen LogP contribution in [0.4, 0.5) is 0 Å². The first kappa shape index (κ1) is 22.3. The Morgan fingerprint density at radius 3 is 1.91 bits per heavy atom. The highest BCUT2D eigenvalue weighted by molar-refractivity contribution is 7.60. The fraction of sp³-hybridized carbons (Fsp3) is 0.812. The van der Waals surface area contributed by atoms with Crippen LogP contribution in [0.2, 0.25) is 0 Å². The summed E-state index contributed by atoms with van der Waals surface area (Å²) in [6.45, 7) is 13.2. The molecule has 0 rings (SSSR count). The predicted octanol–water partition coefficient (Wildman–Crippen LogP) is 3.95. The molecule has 0 spiro atoms. The van der Waals surface area contributed by atoms with E-state index in [4.69, 9.17) is 18.7 Å². The average molecular weight is 350 g/mol.